The molecule has 1 aliphatic heterocycles. The third-order valence-corrected chi connectivity index (χ3v) is 3.66. The maximum atomic E-state index is 5.83. The van der Waals surface area contributed by atoms with Crippen LogP contribution in [0.2, 0.25) is 0 Å². The predicted octanol–water partition coefficient (Wildman–Crippen LogP) is 3.35. The van der Waals surface area contributed by atoms with E-state index < -0.39 is 0 Å². The number of hydrogen-bond acceptors (Lipinski definition) is 2. The van der Waals surface area contributed by atoms with Gasteiger partial charge in [-0.05, 0) is 47.4 Å². The average Bonchev–Trinajstić information content (AvgIpc) is 2.81. The van der Waals surface area contributed by atoms with Gasteiger partial charge in [0, 0.05) is 24.5 Å². The van der Waals surface area contributed by atoms with Crippen LogP contribution < -0.4 is 10.6 Å². The van der Waals surface area contributed by atoms with Crippen LogP contribution >= 0.6 is 0 Å². The average molecular weight is 238 g/mol. The number of nitrogens with zero attached hydrogens (tertiary/aromatic N) is 1. The highest BCUT2D eigenvalue weighted by atomic mass is 15.1. The Hall–Kier alpha value is -1.96. The molecule has 0 aromatic heterocycles. The first-order chi connectivity index (χ1) is 8.76. The third-order valence-electron chi connectivity index (χ3n) is 3.66. The van der Waals surface area contributed by atoms with Crippen molar-refractivity contribution in [2.45, 2.75) is 26.4 Å². The van der Waals surface area contributed by atoms with Gasteiger partial charge in [-0.15, -0.1) is 0 Å². The van der Waals surface area contributed by atoms with E-state index in [9.17, 15) is 0 Å². The lowest BCUT2D eigenvalue weighted by molar-refractivity contribution is 0.879. The molecule has 1 heterocycles. The van der Waals surface area contributed by atoms with Gasteiger partial charge in [-0.25, -0.2) is 0 Å². The van der Waals surface area contributed by atoms with Crippen LogP contribution in [-0.2, 0) is 19.5 Å². The van der Waals surface area contributed by atoms with Crippen LogP contribution in [-0.4, -0.2) is 0 Å². The van der Waals surface area contributed by atoms with Gasteiger partial charge in [-0.1, -0.05) is 25.1 Å². The fourth-order valence-corrected chi connectivity index (χ4v) is 2.54. The van der Waals surface area contributed by atoms with Crippen molar-refractivity contribution in [3.05, 3.63) is 59.2 Å². The van der Waals surface area contributed by atoms with E-state index in [0.29, 0.717) is 0 Å². The Labute approximate surface area is 108 Å². The van der Waals surface area contributed by atoms with Crippen molar-refractivity contribution in [3.8, 4) is 0 Å². The quantitative estimate of drug-likeness (QED) is 0.813. The second-order valence-corrected chi connectivity index (χ2v) is 4.90. The summed E-state index contributed by atoms with van der Waals surface area (Å²) >= 11 is 0. The molecular weight excluding hydrogens is 220 g/mol. The molecule has 0 aliphatic carbocycles. The summed E-state index contributed by atoms with van der Waals surface area (Å²) in [5.41, 5.74) is 12.1. The molecule has 2 heteroatoms. The minimum Gasteiger partial charge on any atom is -0.399 e. The van der Waals surface area contributed by atoms with Gasteiger partial charge < -0.3 is 10.6 Å². The minimum atomic E-state index is 0.858. The summed E-state index contributed by atoms with van der Waals surface area (Å²) in [4.78, 5) is 2.39. The molecular formula is C16H18N2. The van der Waals surface area contributed by atoms with E-state index in [2.05, 4.69) is 48.2 Å². The Morgan fingerprint density at radius 1 is 1.00 bits per heavy atom. The summed E-state index contributed by atoms with van der Waals surface area (Å²) < 4.78 is 0. The van der Waals surface area contributed by atoms with Crippen molar-refractivity contribution in [3.63, 3.8) is 0 Å². The van der Waals surface area contributed by atoms with Crippen molar-refractivity contribution in [2.75, 3.05) is 10.6 Å². The lowest BCUT2D eigenvalue weighted by atomic mass is 10.1. The fraction of sp³-hybridized carbons (Fsp3) is 0.250. The van der Waals surface area contributed by atoms with Gasteiger partial charge in [0.05, 0.1) is 0 Å². The molecule has 0 bridgehead atoms. The number of fused-ring (bicyclic) bond motifs is 1. The predicted molar refractivity (Wildman–Crippen MR) is 76.6 cm³/mol. The third kappa shape index (κ3) is 1.94. The molecule has 18 heavy (non-hydrogen) atoms. The van der Waals surface area contributed by atoms with Crippen LogP contribution in [0.5, 0.6) is 0 Å². The molecule has 2 N–H and O–H groups in total. The number of aryl methyl sites for hydroxylation is 1. The molecule has 3 rings (SSSR count). The van der Waals surface area contributed by atoms with Crippen LogP contribution in [0.15, 0.2) is 42.5 Å². The Morgan fingerprint density at radius 3 is 2.44 bits per heavy atom. The van der Waals surface area contributed by atoms with Crippen molar-refractivity contribution >= 4 is 11.4 Å². The van der Waals surface area contributed by atoms with Crippen LogP contribution in [0, 0.1) is 0 Å². The molecule has 0 amide bonds. The number of nitrogens with two attached hydrogens (primary N) is 1. The first kappa shape index (κ1) is 11.1. The summed E-state index contributed by atoms with van der Waals surface area (Å²) in [6, 6.07) is 15.1. The Bertz CT molecular complexity index is 558. The first-order valence-electron chi connectivity index (χ1n) is 6.47. The van der Waals surface area contributed by atoms with Gasteiger partial charge in [0.15, 0.2) is 0 Å². The number of hydrogen-bond donors (Lipinski definition) is 1. The topological polar surface area (TPSA) is 29.3 Å². The van der Waals surface area contributed by atoms with E-state index in [1.807, 2.05) is 6.07 Å². The largest absolute Gasteiger partial charge is 0.399 e. The maximum absolute atomic E-state index is 5.83. The number of rotatable bonds is 2. The molecule has 0 saturated heterocycles. The minimum absolute atomic E-state index is 0.858. The second-order valence-electron chi connectivity index (χ2n) is 4.90. The van der Waals surface area contributed by atoms with Crippen LogP contribution in [0.3, 0.4) is 0 Å². The lowest BCUT2D eigenvalue weighted by Gasteiger charge is -2.17. The van der Waals surface area contributed by atoms with E-state index in [-0.39, 0.29) is 0 Å². The molecule has 0 unspecified atom stereocenters. The molecule has 2 aromatic carbocycles. The summed E-state index contributed by atoms with van der Waals surface area (Å²) in [6.07, 6.45) is 1.09. The highest BCUT2D eigenvalue weighted by Gasteiger charge is 2.18. The van der Waals surface area contributed by atoms with E-state index in [1.165, 1.54) is 22.4 Å². The highest BCUT2D eigenvalue weighted by molar-refractivity contribution is 5.55. The second kappa shape index (κ2) is 4.37. The molecule has 0 radical (unpaired) electrons. The van der Waals surface area contributed by atoms with Gasteiger partial charge in [0.1, 0.15) is 0 Å². The van der Waals surface area contributed by atoms with Crippen molar-refractivity contribution in [2.24, 2.45) is 0 Å². The van der Waals surface area contributed by atoms with Gasteiger partial charge in [-0.3, -0.25) is 0 Å². The Morgan fingerprint density at radius 2 is 1.72 bits per heavy atom. The number of anilines is 2. The summed E-state index contributed by atoms with van der Waals surface area (Å²) in [7, 11) is 0. The molecule has 0 saturated carbocycles. The smallest absolute Gasteiger partial charge is 0.0437 e. The van der Waals surface area contributed by atoms with Crippen LogP contribution in [0.1, 0.15) is 23.6 Å². The first-order valence-corrected chi connectivity index (χ1v) is 6.47. The van der Waals surface area contributed by atoms with Crippen LogP contribution in [0.4, 0.5) is 11.4 Å². The number of benzene rings is 2. The number of nitrogen functional groups attached to an aromatic ring is 1. The summed E-state index contributed by atoms with van der Waals surface area (Å²) in [6.45, 7) is 4.14. The maximum Gasteiger partial charge on any atom is 0.0437 e. The Balaban J connectivity index is 1.84. The van der Waals surface area contributed by atoms with E-state index in [0.717, 1.165) is 25.2 Å². The molecule has 2 nitrogen and oxygen atoms in total. The molecule has 0 fully saturated rings. The van der Waals surface area contributed by atoms with Crippen molar-refractivity contribution in [1.29, 1.82) is 0 Å². The summed E-state index contributed by atoms with van der Waals surface area (Å²) in [5.74, 6) is 0. The molecule has 0 atom stereocenters. The standard InChI is InChI=1S/C16H18N2/c1-2-12-3-7-16(8-4-12)18-10-13-5-6-15(17)9-14(13)11-18/h3-9H,2,10-11,17H2,1H3. The Kier molecular flexibility index (Phi) is 2.71. The normalized spacial score (nSPS) is 13.7. The van der Waals surface area contributed by atoms with Gasteiger partial charge >= 0.3 is 0 Å². The fourth-order valence-electron chi connectivity index (χ4n) is 2.54. The monoisotopic (exact) mass is 238 g/mol. The molecule has 0 spiro atoms. The lowest BCUT2D eigenvalue weighted by Crippen LogP contribution is -2.14. The van der Waals surface area contributed by atoms with Crippen LogP contribution in [0.25, 0.3) is 0 Å². The van der Waals surface area contributed by atoms with E-state index in [4.69, 9.17) is 5.73 Å². The van der Waals surface area contributed by atoms with Gasteiger partial charge in [0.25, 0.3) is 0 Å². The van der Waals surface area contributed by atoms with Gasteiger partial charge in [-0.2, -0.15) is 0 Å². The zero-order chi connectivity index (χ0) is 12.5. The zero-order valence-corrected chi connectivity index (χ0v) is 10.7. The molecule has 2 aromatic rings. The van der Waals surface area contributed by atoms with Crippen molar-refractivity contribution in [1.82, 2.24) is 0 Å². The zero-order valence-electron chi connectivity index (χ0n) is 10.7. The van der Waals surface area contributed by atoms with E-state index >= 15 is 0 Å². The molecule has 92 valence electrons. The van der Waals surface area contributed by atoms with E-state index in [1.54, 1.807) is 0 Å². The highest BCUT2D eigenvalue weighted by Crippen LogP contribution is 2.29. The SMILES string of the molecule is CCc1ccc(N2Cc3ccc(N)cc3C2)cc1. The summed E-state index contributed by atoms with van der Waals surface area (Å²) in [5, 5.41) is 0. The van der Waals surface area contributed by atoms with Crippen molar-refractivity contribution < 1.29 is 0 Å². The van der Waals surface area contributed by atoms with Gasteiger partial charge in [0.2, 0.25) is 0 Å². The molecule has 1 aliphatic rings.